The molecule has 1 N–H and O–H groups in total. The van der Waals surface area contributed by atoms with Gasteiger partial charge in [0, 0.05) is 24.2 Å². The van der Waals surface area contributed by atoms with Gasteiger partial charge in [0.05, 0.1) is 6.61 Å². The van der Waals surface area contributed by atoms with Crippen LogP contribution in [0.5, 0.6) is 5.75 Å². The summed E-state index contributed by atoms with van der Waals surface area (Å²) in [5.41, 5.74) is 4.25. The smallest absolute Gasteiger partial charge is 0.123 e. The molecule has 0 amide bonds. The largest absolute Gasteiger partial charge is 0.493 e. The van der Waals surface area contributed by atoms with Crippen molar-refractivity contribution < 1.29 is 4.74 Å². The Morgan fingerprint density at radius 1 is 1.17 bits per heavy atom. The number of nitrogens with one attached hydrogen (secondary N) is 1. The maximum Gasteiger partial charge on any atom is 0.123 e. The van der Waals surface area contributed by atoms with Crippen molar-refractivity contribution >= 4 is 5.69 Å². The van der Waals surface area contributed by atoms with Crippen LogP contribution in [0.2, 0.25) is 0 Å². The molecule has 62 valence electrons. The monoisotopic (exact) mass is 161 g/mol. The Labute approximate surface area is 71.5 Å². The minimum absolute atomic E-state index is 0.867. The topological polar surface area (TPSA) is 21.3 Å². The fourth-order valence-electron chi connectivity index (χ4n) is 2.12. The number of fused-ring (bicyclic) bond motifs is 3. The SMILES string of the molecule is c1cc2c(c3c1NCC3)CCO2. The molecule has 3 rings (SSSR count). The molecule has 1 aromatic carbocycles. The van der Waals surface area contributed by atoms with Crippen LogP contribution in [0.15, 0.2) is 12.1 Å². The zero-order valence-electron chi connectivity index (χ0n) is 6.89. The van der Waals surface area contributed by atoms with E-state index in [1.807, 2.05) is 0 Å². The van der Waals surface area contributed by atoms with Crippen molar-refractivity contribution in [3.05, 3.63) is 23.3 Å². The lowest BCUT2D eigenvalue weighted by Crippen LogP contribution is -1.90. The highest BCUT2D eigenvalue weighted by molar-refractivity contribution is 5.63. The first-order valence-electron chi connectivity index (χ1n) is 4.46. The number of hydrogen-bond acceptors (Lipinski definition) is 2. The minimum Gasteiger partial charge on any atom is -0.493 e. The van der Waals surface area contributed by atoms with E-state index >= 15 is 0 Å². The molecule has 2 heterocycles. The van der Waals surface area contributed by atoms with Crippen LogP contribution >= 0.6 is 0 Å². The summed E-state index contributed by atoms with van der Waals surface area (Å²) in [6.45, 7) is 1.96. The average molecular weight is 161 g/mol. The standard InChI is InChI=1S/C10H11NO/c1-2-10-8(4-6-12-10)7-3-5-11-9(1)7/h1-2,11H,3-6H2. The number of benzene rings is 1. The Balaban J connectivity index is 2.24. The lowest BCUT2D eigenvalue weighted by molar-refractivity contribution is 0.357. The van der Waals surface area contributed by atoms with Crippen LogP contribution in [0, 0.1) is 0 Å². The molecule has 12 heavy (non-hydrogen) atoms. The lowest BCUT2D eigenvalue weighted by atomic mass is 10.0. The van der Waals surface area contributed by atoms with Gasteiger partial charge in [0.2, 0.25) is 0 Å². The van der Waals surface area contributed by atoms with Crippen LogP contribution in [0.4, 0.5) is 5.69 Å². The fraction of sp³-hybridized carbons (Fsp3) is 0.400. The van der Waals surface area contributed by atoms with Gasteiger partial charge in [0.15, 0.2) is 0 Å². The molecule has 0 unspecified atom stereocenters. The lowest BCUT2D eigenvalue weighted by Gasteiger charge is -2.04. The zero-order valence-corrected chi connectivity index (χ0v) is 6.89. The predicted molar refractivity (Wildman–Crippen MR) is 47.8 cm³/mol. The van der Waals surface area contributed by atoms with Crippen LogP contribution in [0.3, 0.4) is 0 Å². The summed E-state index contributed by atoms with van der Waals surface area (Å²) in [5.74, 6) is 1.11. The summed E-state index contributed by atoms with van der Waals surface area (Å²) >= 11 is 0. The van der Waals surface area contributed by atoms with Crippen molar-refractivity contribution in [1.29, 1.82) is 0 Å². The molecule has 0 fully saturated rings. The molecule has 2 heteroatoms. The van der Waals surface area contributed by atoms with Crippen molar-refractivity contribution in [2.24, 2.45) is 0 Å². The summed E-state index contributed by atoms with van der Waals surface area (Å²) in [6.07, 6.45) is 2.27. The highest BCUT2D eigenvalue weighted by Crippen LogP contribution is 2.35. The normalized spacial score (nSPS) is 18.0. The van der Waals surface area contributed by atoms with Crippen LogP contribution in [-0.2, 0) is 12.8 Å². The Morgan fingerprint density at radius 2 is 2.17 bits per heavy atom. The molecule has 0 saturated carbocycles. The molecule has 0 saturated heterocycles. The van der Waals surface area contributed by atoms with Crippen molar-refractivity contribution in [2.45, 2.75) is 12.8 Å². The van der Waals surface area contributed by atoms with E-state index in [0.717, 1.165) is 25.3 Å². The quantitative estimate of drug-likeness (QED) is 0.624. The molecule has 0 bridgehead atoms. The van der Waals surface area contributed by atoms with Gasteiger partial charge in [-0.2, -0.15) is 0 Å². The third-order valence-corrected chi connectivity index (χ3v) is 2.69. The second-order valence-corrected chi connectivity index (χ2v) is 3.34. The van der Waals surface area contributed by atoms with Gasteiger partial charge in [-0.1, -0.05) is 0 Å². The fourth-order valence-corrected chi connectivity index (χ4v) is 2.12. The molecule has 2 aliphatic heterocycles. The minimum atomic E-state index is 0.867. The van der Waals surface area contributed by atoms with E-state index in [1.165, 1.54) is 23.2 Å². The number of hydrogen-bond donors (Lipinski definition) is 1. The van der Waals surface area contributed by atoms with Gasteiger partial charge in [-0.05, 0) is 24.1 Å². The molecule has 0 radical (unpaired) electrons. The van der Waals surface area contributed by atoms with Gasteiger partial charge in [-0.3, -0.25) is 0 Å². The average Bonchev–Trinajstić information content (AvgIpc) is 2.71. The maximum absolute atomic E-state index is 5.50. The molecular formula is C10H11NO. The number of ether oxygens (including phenoxy) is 1. The van der Waals surface area contributed by atoms with Crippen LogP contribution in [-0.4, -0.2) is 13.2 Å². The molecule has 2 nitrogen and oxygen atoms in total. The highest BCUT2D eigenvalue weighted by Gasteiger charge is 2.21. The Morgan fingerprint density at radius 3 is 3.17 bits per heavy atom. The van der Waals surface area contributed by atoms with Crippen LogP contribution < -0.4 is 10.1 Å². The molecular weight excluding hydrogens is 150 g/mol. The summed E-state index contributed by atoms with van der Waals surface area (Å²) < 4.78 is 5.50. The molecule has 0 aromatic heterocycles. The molecule has 2 aliphatic rings. The number of rotatable bonds is 0. The van der Waals surface area contributed by atoms with Gasteiger partial charge in [-0.25, -0.2) is 0 Å². The van der Waals surface area contributed by atoms with Gasteiger partial charge in [-0.15, -0.1) is 0 Å². The first-order valence-corrected chi connectivity index (χ1v) is 4.46. The highest BCUT2D eigenvalue weighted by atomic mass is 16.5. The maximum atomic E-state index is 5.50. The zero-order chi connectivity index (χ0) is 7.97. The first-order chi connectivity index (χ1) is 5.95. The first kappa shape index (κ1) is 6.35. The van der Waals surface area contributed by atoms with E-state index in [9.17, 15) is 0 Å². The summed E-state index contributed by atoms with van der Waals surface area (Å²) in [5, 5.41) is 3.37. The van der Waals surface area contributed by atoms with Crippen LogP contribution in [0.25, 0.3) is 0 Å². The van der Waals surface area contributed by atoms with E-state index in [0.29, 0.717) is 0 Å². The van der Waals surface area contributed by atoms with Crippen LogP contribution in [0.1, 0.15) is 11.1 Å². The summed E-state index contributed by atoms with van der Waals surface area (Å²) in [6, 6.07) is 4.21. The van der Waals surface area contributed by atoms with Crippen molar-refractivity contribution in [3.8, 4) is 5.75 Å². The van der Waals surface area contributed by atoms with E-state index in [2.05, 4.69) is 17.4 Å². The Kier molecular flexibility index (Phi) is 1.14. The summed E-state index contributed by atoms with van der Waals surface area (Å²) in [4.78, 5) is 0. The van der Waals surface area contributed by atoms with Gasteiger partial charge in [0.25, 0.3) is 0 Å². The molecule has 1 aromatic rings. The second kappa shape index (κ2) is 2.16. The Hall–Kier alpha value is -1.18. The second-order valence-electron chi connectivity index (χ2n) is 3.34. The van der Waals surface area contributed by atoms with Crippen molar-refractivity contribution in [1.82, 2.24) is 0 Å². The molecule has 0 spiro atoms. The Bertz CT molecular complexity index is 300. The third kappa shape index (κ3) is 0.697. The van der Waals surface area contributed by atoms with Crippen molar-refractivity contribution in [3.63, 3.8) is 0 Å². The molecule has 0 atom stereocenters. The van der Waals surface area contributed by atoms with Gasteiger partial charge in [0.1, 0.15) is 5.75 Å². The van der Waals surface area contributed by atoms with E-state index in [1.54, 1.807) is 0 Å². The third-order valence-electron chi connectivity index (χ3n) is 2.69. The summed E-state index contributed by atoms with van der Waals surface area (Å²) in [7, 11) is 0. The van der Waals surface area contributed by atoms with Gasteiger partial charge < -0.3 is 10.1 Å². The number of anilines is 1. The van der Waals surface area contributed by atoms with E-state index in [-0.39, 0.29) is 0 Å². The van der Waals surface area contributed by atoms with Gasteiger partial charge >= 0.3 is 0 Å². The van der Waals surface area contributed by atoms with E-state index in [4.69, 9.17) is 4.74 Å². The molecule has 0 aliphatic carbocycles. The predicted octanol–water partition coefficient (Wildman–Crippen LogP) is 1.59. The van der Waals surface area contributed by atoms with Crippen molar-refractivity contribution in [2.75, 3.05) is 18.5 Å². The van der Waals surface area contributed by atoms with E-state index < -0.39 is 0 Å².